The first-order valence-electron chi connectivity index (χ1n) is 5.49. The molecular weight excluding hydrogens is 198 g/mol. The number of H-pyrrole nitrogens is 1. The van der Waals surface area contributed by atoms with Gasteiger partial charge in [0.25, 0.3) is 0 Å². The van der Waals surface area contributed by atoms with Gasteiger partial charge >= 0.3 is 0 Å². The van der Waals surface area contributed by atoms with Crippen LogP contribution in [0.15, 0.2) is 42.7 Å². The van der Waals surface area contributed by atoms with Gasteiger partial charge in [0.2, 0.25) is 0 Å². The van der Waals surface area contributed by atoms with E-state index in [4.69, 9.17) is 5.73 Å². The molecule has 0 spiro atoms. The standard InChI is InChI=1S/C13H17N3/c14-7-11-2-1-3-12(6-11)8-16-10-13-4-5-15-9-13/h1-6,9,15-16H,7-8,10,14H2. The SMILES string of the molecule is NCc1cccc(CNCc2cc[nH]c2)c1. The van der Waals surface area contributed by atoms with Crippen molar-refractivity contribution in [3.05, 3.63) is 59.4 Å². The second-order valence-electron chi connectivity index (χ2n) is 3.85. The lowest BCUT2D eigenvalue weighted by atomic mass is 10.1. The number of hydrogen-bond acceptors (Lipinski definition) is 2. The lowest BCUT2D eigenvalue weighted by Gasteiger charge is -2.05. The van der Waals surface area contributed by atoms with Gasteiger partial charge in [-0.1, -0.05) is 24.3 Å². The molecule has 0 fully saturated rings. The Bertz CT molecular complexity index is 421. The van der Waals surface area contributed by atoms with E-state index in [2.05, 4.69) is 40.6 Å². The van der Waals surface area contributed by atoms with E-state index in [-0.39, 0.29) is 0 Å². The fourth-order valence-electron chi connectivity index (χ4n) is 1.69. The Morgan fingerprint density at radius 1 is 1.06 bits per heavy atom. The topological polar surface area (TPSA) is 53.8 Å². The van der Waals surface area contributed by atoms with Crippen LogP contribution in [0.2, 0.25) is 0 Å². The van der Waals surface area contributed by atoms with Crippen molar-refractivity contribution in [1.29, 1.82) is 0 Å². The van der Waals surface area contributed by atoms with E-state index in [1.54, 1.807) is 0 Å². The Kier molecular flexibility index (Phi) is 3.75. The number of aromatic nitrogens is 1. The minimum absolute atomic E-state index is 0.603. The highest BCUT2D eigenvalue weighted by Gasteiger charge is 1.95. The van der Waals surface area contributed by atoms with Crippen LogP contribution in [-0.2, 0) is 19.6 Å². The minimum atomic E-state index is 0.603. The maximum absolute atomic E-state index is 5.60. The van der Waals surface area contributed by atoms with Gasteiger partial charge in [-0.2, -0.15) is 0 Å². The van der Waals surface area contributed by atoms with Gasteiger partial charge in [0, 0.05) is 32.0 Å². The average Bonchev–Trinajstić information content (AvgIpc) is 2.82. The fraction of sp³-hybridized carbons (Fsp3) is 0.231. The summed E-state index contributed by atoms with van der Waals surface area (Å²) in [5.41, 5.74) is 9.33. The Morgan fingerprint density at radius 3 is 2.62 bits per heavy atom. The molecule has 2 aromatic rings. The van der Waals surface area contributed by atoms with Crippen molar-refractivity contribution in [2.75, 3.05) is 0 Å². The van der Waals surface area contributed by atoms with Crippen LogP contribution < -0.4 is 11.1 Å². The summed E-state index contributed by atoms with van der Waals surface area (Å²) < 4.78 is 0. The molecule has 0 unspecified atom stereocenters. The van der Waals surface area contributed by atoms with Crippen molar-refractivity contribution in [3.8, 4) is 0 Å². The number of nitrogens with two attached hydrogens (primary N) is 1. The third-order valence-corrected chi connectivity index (χ3v) is 2.55. The summed E-state index contributed by atoms with van der Waals surface area (Å²) in [7, 11) is 0. The molecule has 3 heteroatoms. The van der Waals surface area contributed by atoms with E-state index >= 15 is 0 Å². The van der Waals surface area contributed by atoms with Crippen LogP contribution in [0.4, 0.5) is 0 Å². The van der Waals surface area contributed by atoms with Crippen molar-refractivity contribution < 1.29 is 0 Å². The maximum atomic E-state index is 5.60. The third-order valence-electron chi connectivity index (χ3n) is 2.55. The zero-order valence-corrected chi connectivity index (χ0v) is 9.24. The van der Waals surface area contributed by atoms with Gasteiger partial charge in [-0.3, -0.25) is 0 Å². The fourth-order valence-corrected chi connectivity index (χ4v) is 1.69. The lowest BCUT2D eigenvalue weighted by Crippen LogP contribution is -2.12. The minimum Gasteiger partial charge on any atom is -0.367 e. The molecule has 0 aliphatic carbocycles. The second-order valence-corrected chi connectivity index (χ2v) is 3.85. The first kappa shape index (κ1) is 10.9. The number of nitrogens with one attached hydrogen (secondary N) is 2. The van der Waals surface area contributed by atoms with Gasteiger partial charge in [0.1, 0.15) is 0 Å². The molecule has 0 bridgehead atoms. The predicted molar refractivity (Wildman–Crippen MR) is 65.7 cm³/mol. The molecule has 3 nitrogen and oxygen atoms in total. The van der Waals surface area contributed by atoms with E-state index in [9.17, 15) is 0 Å². The van der Waals surface area contributed by atoms with Crippen LogP contribution in [0.1, 0.15) is 16.7 Å². The molecule has 0 saturated carbocycles. The van der Waals surface area contributed by atoms with Crippen molar-refractivity contribution >= 4 is 0 Å². The van der Waals surface area contributed by atoms with Gasteiger partial charge in [-0.05, 0) is 22.8 Å². The van der Waals surface area contributed by atoms with Crippen LogP contribution in [0.3, 0.4) is 0 Å². The summed E-state index contributed by atoms with van der Waals surface area (Å²) in [6.07, 6.45) is 3.94. The van der Waals surface area contributed by atoms with Gasteiger partial charge in [0.15, 0.2) is 0 Å². The van der Waals surface area contributed by atoms with Gasteiger partial charge < -0.3 is 16.0 Å². The van der Waals surface area contributed by atoms with Crippen LogP contribution in [0.5, 0.6) is 0 Å². The highest BCUT2D eigenvalue weighted by Crippen LogP contribution is 2.04. The molecule has 0 amide bonds. The largest absolute Gasteiger partial charge is 0.367 e. The molecule has 2 rings (SSSR count). The molecule has 0 aliphatic rings. The molecule has 0 radical (unpaired) electrons. The Hall–Kier alpha value is -1.58. The van der Waals surface area contributed by atoms with Crippen LogP contribution in [-0.4, -0.2) is 4.98 Å². The van der Waals surface area contributed by atoms with E-state index in [1.165, 1.54) is 16.7 Å². The summed E-state index contributed by atoms with van der Waals surface area (Å²) in [6.45, 7) is 2.36. The Balaban J connectivity index is 1.85. The molecule has 16 heavy (non-hydrogen) atoms. The molecule has 0 atom stereocenters. The van der Waals surface area contributed by atoms with Crippen molar-refractivity contribution in [2.45, 2.75) is 19.6 Å². The zero-order valence-electron chi connectivity index (χ0n) is 9.24. The van der Waals surface area contributed by atoms with Crippen molar-refractivity contribution in [3.63, 3.8) is 0 Å². The van der Waals surface area contributed by atoms with E-state index in [1.807, 2.05) is 12.4 Å². The van der Waals surface area contributed by atoms with Crippen LogP contribution in [0, 0.1) is 0 Å². The van der Waals surface area contributed by atoms with Crippen molar-refractivity contribution in [2.24, 2.45) is 5.73 Å². The molecule has 84 valence electrons. The van der Waals surface area contributed by atoms with Crippen LogP contribution in [0.25, 0.3) is 0 Å². The van der Waals surface area contributed by atoms with E-state index in [0.29, 0.717) is 6.54 Å². The number of benzene rings is 1. The summed E-state index contributed by atoms with van der Waals surface area (Å²) in [4.78, 5) is 3.04. The number of rotatable bonds is 5. The van der Waals surface area contributed by atoms with Gasteiger partial charge in [-0.25, -0.2) is 0 Å². The smallest absolute Gasteiger partial charge is 0.0223 e. The van der Waals surface area contributed by atoms with Crippen LogP contribution >= 0.6 is 0 Å². The van der Waals surface area contributed by atoms with Gasteiger partial charge in [-0.15, -0.1) is 0 Å². The monoisotopic (exact) mass is 215 g/mol. The second kappa shape index (κ2) is 5.49. The number of hydrogen-bond donors (Lipinski definition) is 3. The highest BCUT2D eigenvalue weighted by molar-refractivity contribution is 5.23. The highest BCUT2D eigenvalue weighted by atomic mass is 14.9. The normalized spacial score (nSPS) is 10.6. The molecule has 1 aromatic heterocycles. The average molecular weight is 215 g/mol. The number of aromatic amines is 1. The molecule has 1 aromatic carbocycles. The zero-order chi connectivity index (χ0) is 11.2. The van der Waals surface area contributed by atoms with E-state index < -0.39 is 0 Å². The molecular formula is C13H17N3. The quantitative estimate of drug-likeness (QED) is 0.712. The third kappa shape index (κ3) is 2.95. The lowest BCUT2D eigenvalue weighted by molar-refractivity contribution is 0.693. The molecule has 4 N–H and O–H groups in total. The molecule has 1 heterocycles. The summed E-state index contributed by atoms with van der Waals surface area (Å²) in [6, 6.07) is 10.4. The maximum Gasteiger partial charge on any atom is 0.0223 e. The predicted octanol–water partition coefficient (Wildman–Crippen LogP) is 1.76. The summed E-state index contributed by atoms with van der Waals surface area (Å²) in [5, 5.41) is 3.39. The Morgan fingerprint density at radius 2 is 1.88 bits per heavy atom. The molecule has 0 saturated heterocycles. The first-order chi connectivity index (χ1) is 7.88. The van der Waals surface area contributed by atoms with Gasteiger partial charge in [0.05, 0.1) is 0 Å². The molecule has 0 aliphatic heterocycles. The first-order valence-corrected chi connectivity index (χ1v) is 5.49. The summed E-state index contributed by atoms with van der Waals surface area (Å²) in [5.74, 6) is 0. The van der Waals surface area contributed by atoms with Crippen molar-refractivity contribution in [1.82, 2.24) is 10.3 Å². The van der Waals surface area contributed by atoms with E-state index in [0.717, 1.165) is 13.1 Å². The summed E-state index contributed by atoms with van der Waals surface area (Å²) >= 11 is 0. The Labute approximate surface area is 95.7 Å².